The van der Waals surface area contributed by atoms with E-state index in [0.717, 1.165) is 41.2 Å². The maximum absolute atomic E-state index is 13.0. The lowest BCUT2D eigenvalue weighted by molar-refractivity contribution is 0.0789. The zero-order valence-corrected chi connectivity index (χ0v) is 15.6. The van der Waals surface area contributed by atoms with Gasteiger partial charge in [0, 0.05) is 25.5 Å². The molecule has 1 fully saturated rings. The van der Waals surface area contributed by atoms with Crippen molar-refractivity contribution in [1.29, 1.82) is 0 Å². The Morgan fingerprint density at radius 1 is 1.27 bits per heavy atom. The molecular formula is C18H20N6OS. The summed E-state index contributed by atoms with van der Waals surface area (Å²) < 4.78 is 0.763. The van der Waals surface area contributed by atoms with Crippen LogP contribution in [0.15, 0.2) is 24.5 Å². The first-order chi connectivity index (χ1) is 12.6. The average Bonchev–Trinajstić information content (AvgIpc) is 3.30. The van der Waals surface area contributed by atoms with E-state index in [1.807, 2.05) is 30.9 Å². The lowest BCUT2D eigenvalue weighted by Crippen LogP contribution is -2.29. The summed E-state index contributed by atoms with van der Waals surface area (Å²) in [7, 11) is 0. The molecule has 4 heterocycles. The van der Waals surface area contributed by atoms with E-state index in [0.29, 0.717) is 17.3 Å². The predicted octanol–water partition coefficient (Wildman–Crippen LogP) is 3.20. The first kappa shape index (κ1) is 16.8. The topological polar surface area (TPSA) is 83.9 Å². The van der Waals surface area contributed by atoms with Crippen LogP contribution in [0.3, 0.4) is 0 Å². The van der Waals surface area contributed by atoms with Crippen LogP contribution in [0.5, 0.6) is 0 Å². The molecule has 1 saturated heterocycles. The van der Waals surface area contributed by atoms with Gasteiger partial charge in [-0.2, -0.15) is 4.98 Å². The molecule has 0 radical (unpaired) electrons. The van der Waals surface area contributed by atoms with Crippen LogP contribution in [0.2, 0.25) is 0 Å². The second kappa shape index (κ2) is 6.95. The molecule has 3 aromatic heterocycles. The van der Waals surface area contributed by atoms with Gasteiger partial charge in [-0.15, -0.1) is 11.3 Å². The van der Waals surface area contributed by atoms with E-state index < -0.39 is 0 Å². The molecule has 26 heavy (non-hydrogen) atoms. The molecule has 1 aliphatic heterocycles. The molecule has 0 spiro atoms. The van der Waals surface area contributed by atoms with Crippen molar-refractivity contribution in [3.8, 4) is 0 Å². The third-order valence-corrected chi connectivity index (χ3v) is 5.45. The second-order valence-electron chi connectivity index (χ2n) is 6.43. The number of amides is 1. The first-order valence-corrected chi connectivity index (χ1v) is 9.54. The molecule has 134 valence electrons. The Bertz CT molecular complexity index is 936. The van der Waals surface area contributed by atoms with E-state index in [4.69, 9.17) is 0 Å². The second-order valence-corrected chi connectivity index (χ2v) is 7.64. The summed E-state index contributed by atoms with van der Waals surface area (Å²) in [5, 5.41) is 4.15. The molecule has 4 rings (SSSR count). The van der Waals surface area contributed by atoms with E-state index in [-0.39, 0.29) is 11.9 Å². The molecule has 1 amide bonds. The van der Waals surface area contributed by atoms with Crippen molar-refractivity contribution in [1.82, 2.24) is 24.8 Å². The normalized spacial score (nSPS) is 15.4. The number of anilines is 1. The number of hydrogen-bond acceptors (Lipinski definition) is 7. The number of rotatable bonds is 4. The Hall–Kier alpha value is -2.61. The Morgan fingerprint density at radius 3 is 2.81 bits per heavy atom. The van der Waals surface area contributed by atoms with Crippen molar-refractivity contribution in [2.24, 2.45) is 0 Å². The minimum Gasteiger partial charge on any atom is -0.348 e. The van der Waals surface area contributed by atoms with Crippen molar-refractivity contribution in [2.75, 3.05) is 18.4 Å². The van der Waals surface area contributed by atoms with Crippen molar-refractivity contribution in [3.05, 3.63) is 40.8 Å². The van der Waals surface area contributed by atoms with Gasteiger partial charge in [0.1, 0.15) is 4.70 Å². The van der Waals surface area contributed by atoms with Gasteiger partial charge in [0.15, 0.2) is 11.3 Å². The van der Waals surface area contributed by atoms with Crippen molar-refractivity contribution < 1.29 is 4.79 Å². The van der Waals surface area contributed by atoms with Crippen LogP contribution >= 0.6 is 11.3 Å². The van der Waals surface area contributed by atoms with Crippen molar-refractivity contribution >= 4 is 33.5 Å². The SMILES string of the molecule is Cc1nc2nc(N[C@@H](C)c3cccnc3)nc(C(=O)N3CCCC3)c2s1. The van der Waals surface area contributed by atoms with Crippen LogP contribution in [0.25, 0.3) is 10.3 Å². The quantitative estimate of drug-likeness (QED) is 0.761. The molecule has 1 N–H and O–H groups in total. The largest absolute Gasteiger partial charge is 0.348 e. The molecule has 1 aliphatic rings. The highest BCUT2D eigenvalue weighted by molar-refractivity contribution is 7.18. The number of nitrogens with one attached hydrogen (secondary N) is 1. The highest BCUT2D eigenvalue weighted by atomic mass is 32.1. The van der Waals surface area contributed by atoms with Crippen LogP contribution in [-0.4, -0.2) is 43.8 Å². The number of aromatic nitrogens is 4. The maximum atomic E-state index is 13.0. The molecular weight excluding hydrogens is 348 g/mol. The number of carbonyl (C=O) groups is 1. The van der Waals surface area contributed by atoms with Crippen LogP contribution in [-0.2, 0) is 0 Å². The van der Waals surface area contributed by atoms with Gasteiger partial charge in [-0.1, -0.05) is 6.07 Å². The monoisotopic (exact) mass is 368 g/mol. The summed E-state index contributed by atoms with van der Waals surface area (Å²) in [5.74, 6) is 0.386. The van der Waals surface area contributed by atoms with E-state index in [2.05, 4.69) is 25.3 Å². The number of likely N-dealkylation sites (tertiary alicyclic amines) is 1. The molecule has 0 aromatic carbocycles. The minimum absolute atomic E-state index is 0.0318. The molecule has 3 aromatic rings. The summed E-state index contributed by atoms with van der Waals surface area (Å²) in [6.07, 6.45) is 5.64. The smallest absolute Gasteiger partial charge is 0.274 e. The fourth-order valence-corrected chi connectivity index (χ4v) is 3.96. The van der Waals surface area contributed by atoms with Crippen molar-refractivity contribution in [2.45, 2.75) is 32.7 Å². The highest BCUT2D eigenvalue weighted by Gasteiger charge is 2.25. The van der Waals surface area contributed by atoms with Gasteiger partial charge in [-0.3, -0.25) is 9.78 Å². The molecule has 7 nitrogen and oxygen atoms in total. The zero-order valence-electron chi connectivity index (χ0n) is 14.8. The van der Waals surface area contributed by atoms with Gasteiger partial charge in [-0.05, 0) is 38.3 Å². The van der Waals surface area contributed by atoms with Gasteiger partial charge in [0.25, 0.3) is 5.91 Å². The molecule has 0 unspecified atom stereocenters. The fourth-order valence-electron chi connectivity index (χ4n) is 3.12. The van der Waals surface area contributed by atoms with Crippen LogP contribution in [0, 0.1) is 6.92 Å². The van der Waals surface area contributed by atoms with Gasteiger partial charge in [-0.25, -0.2) is 9.97 Å². The third-order valence-electron chi connectivity index (χ3n) is 4.49. The van der Waals surface area contributed by atoms with E-state index in [1.54, 1.807) is 12.4 Å². The lowest BCUT2D eigenvalue weighted by Gasteiger charge is -2.17. The highest BCUT2D eigenvalue weighted by Crippen LogP contribution is 2.27. The average molecular weight is 368 g/mol. The van der Waals surface area contributed by atoms with Crippen molar-refractivity contribution in [3.63, 3.8) is 0 Å². The Morgan fingerprint density at radius 2 is 2.08 bits per heavy atom. The first-order valence-electron chi connectivity index (χ1n) is 8.73. The molecule has 0 aliphatic carbocycles. The Balaban J connectivity index is 1.70. The fraction of sp³-hybridized carbons (Fsp3) is 0.389. The van der Waals surface area contributed by atoms with E-state index in [1.165, 1.54) is 11.3 Å². The Labute approximate surface area is 155 Å². The number of hydrogen-bond donors (Lipinski definition) is 1. The van der Waals surface area contributed by atoms with Gasteiger partial charge in [0.2, 0.25) is 5.95 Å². The minimum atomic E-state index is -0.0318. The predicted molar refractivity (Wildman–Crippen MR) is 101 cm³/mol. The Kier molecular flexibility index (Phi) is 4.50. The van der Waals surface area contributed by atoms with Gasteiger partial charge >= 0.3 is 0 Å². The van der Waals surface area contributed by atoms with E-state index >= 15 is 0 Å². The number of carbonyl (C=O) groups excluding carboxylic acids is 1. The van der Waals surface area contributed by atoms with Crippen LogP contribution in [0.4, 0.5) is 5.95 Å². The molecule has 0 bridgehead atoms. The number of nitrogens with zero attached hydrogens (tertiary/aromatic N) is 5. The zero-order chi connectivity index (χ0) is 18.1. The molecule has 0 saturated carbocycles. The summed E-state index contributed by atoms with van der Waals surface area (Å²) in [5.41, 5.74) is 2.05. The molecule has 8 heteroatoms. The van der Waals surface area contributed by atoms with E-state index in [9.17, 15) is 4.79 Å². The third kappa shape index (κ3) is 3.24. The maximum Gasteiger partial charge on any atom is 0.274 e. The summed E-state index contributed by atoms with van der Waals surface area (Å²) in [6.45, 7) is 5.51. The van der Waals surface area contributed by atoms with Gasteiger partial charge in [0.05, 0.1) is 11.0 Å². The number of aryl methyl sites for hydroxylation is 1. The number of thiazole rings is 1. The summed E-state index contributed by atoms with van der Waals surface area (Å²) in [6, 6.07) is 3.85. The molecule has 1 atom stereocenters. The number of fused-ring (bicyclic) bond motifs is 1. The standard InChI is InChI=1S/C18H20N6OS/c1-11(13-6-5-7-19-10-13)20-18-22-14(17(25)24-8-3-4-9-24)15-16(23-18)21-12(2)26-15/h5-7,10-11H,3-4,8-9H2,1-2H3,(H,20,22,23)/t11-/m0/s1. The number of pyridine rings is 1. The van der Waals surface area contributed by atoms with Crippen LogP contribution in [0.1, 0.15) is 46.9 Å². The van der Waals surface area contributed by atoms with Crippen LogP contribution < -0.4 is 5.32 Å². The van der Waals surface area contributed by atoms with Gasteiger partial charge < -0.3 is 10.2 Å². The summed E-state index contributed by atoms with van der Waals surface area (Å²) in [4.78, 5) is 32.5. The lowest BCUT2D eigenvalue weighted by atomic mass is 10.1. The summed E-state index contributed by atoms with van der Waals surface area (Å²) >= 11 is 1.47.